The molecule has 1 aromatic carbocycles. The summed E-state index contributed by atoms with van der Waals surface area (Å²) >= 11 is 1.62. The molecule has 1 heterocycles. The lowest BCUT2D eigenvalue weighted by Crippen LogP contribution is -3.00. The Labute approximate surface area is 140 Å². The Morgan fingerprint density at radius 2 is 2.09 bits per heavy atom. The Morgan fingerprint density at radius 3 is 2.73 bits per heavy atom. The van der Waals surface area contributed by atoms with Crippen molar-refractivity contribution in [3.05, 3.63) is 23.8 Å². The molecule has 0 radical (unpaired) electrons. The van der Waals surface area contributed by atoms with Gasteiger partial charge in [0, 0.05) is 37.5 Å². The molecule has 2 aromatic rings. The molecule has 7 nitrogen and oxygen atoms in total. The molecule has 0 amide bonds. The molecule has 0 atom stereocenters. The lowest BCUT2D eigenvalue weighted by atomic mass is 10.2. The van der Waals surface area contributed by atoms with Gasteiger partial charge < -0.3 is 27.2 Å². The van der Waals surface area contributed by atoms with Crippen LogP contribution in [0.4, 0.5) is 0 Å². The van der Waals surface area contributed by atoms with Crippen LogP contribution in [-0.2, 0) is 13.6 Å². The summed E-state index contributed by atoms with van der Waals surface area (Å²) in [6.45, 7) is 1.59. The molecule has 0 aliphatic heterocycles. The van der Waals surface area contributed by atoms with Crippen molar-refractivity contribution >= 4 is 11.8 Å². The molecule has 0 aliphatic carbocycles. The van der Waals surface area contributed by atoms with Gasteiger partial charge in [-0.3, -0.25) is 0 Å². The van der Waals surface area contributed by atoms with Crippen molar-refractivity contribution in [3.8, 4) is 11.5 Å². The number of aryl methyl sites for hydroxylation is 1. The van der Waals surface area contributed by atoms with Gasteiger partial charge in [-0.25, -0.2) is 4.68 Å². The average Bonchev–Trinajstić information content (AvgIpc) is 2.92. The van der Waals surface area contributed by atoms with E-state index >= 15 is 0 Å². The largest absolute Gasteiger partial charge is 1.00 e. The first-order chi connectivity index (χ1) is 10.2. The number of ether oxygens (including phenoxy) is 2. The Hall–Kier alpha value is -1.51. The maximum absolute atomic E-state index is 5.36. The lowest BCUT2D eigenvalue weighted by molar-refractivity contribution is -0.00000521. The first kappa shape index (κ1) is 18.5. The molecular weight excluding hydrogens is 326 g/mol. The van der Waals surface area contributed by atoms with Crippen LogP contribution >= 0.6 is 11.8 Å². The maximum atomic E-state index is 5.36. The molecule has 122 valence electrons. The Kier molecular flexibility index (Phi) is 8.00. The quantitative estimate of drug-likeness (QED) is 0.443. The molecule has 0 fully saturated rings. The summed E-state index contributed by atoms with van der Waals surface area (Å²) in [5, 5.41) is 15.5. The van der Waals surface area contributed by atoms with Crippen molar-refractivity contribution < 1.29 is 21.9 Å². The van der Waals surface area contributed by atoms with Gasteiger partial charge in [-0.2, -0.15) is 0 Å². The molecule has 0 bridgehead atoms. The van der Waals surface area contributed by atoms with E-state index in [1.54, 1.807) is 30.7 Å². The zero-order valence-electron chi connectivity index (χ0n) is 12.7. The highest BCUT2D eigenvalue weighted by Gasteiger charge is 2.05. The Bertz CT molecular complexity index is 581. The summed E-state index contributed by atoms with van der Waals surface area (Å²) < 4.78 is 12.2. The monoisotopic (exact) mass is 344 g/mol. The van der Waals surface area contributed by atoms with Gasteiger partial charge in [-0.05, 0) is 16.5 Å². The Morgan fingerprint density at radius 1 is 1.27 bits per heavy atom. The molecule has 0 unspecified atom stereocenters. The average molecular weight is 345 g/mol. The number of thioether (sulfide) groups is 1. The number of rotatable bonds is 8. The highest BCUT2D eigenvalue weighted by Crippen LogP contribution is 2.24. The minimum absolute atomic E-state index is 0. The molecule has 1 aromatic heterocycles. The molecular formula is C13H19ClN5O2S-. The predicted octanol–water partition coefficient (Wildman–Crippen LogP) is -1.89. The van der Waals surface area contributed by atoms with Gasteiger partial charge in [0.15, 0.2) is 0 Å². The number of methoxy groups -OCH3 is 2. The SMILES string of the molecule is COc1ccc(CNCCSc2nnnn2C)c(OC)c1.[Cl-]. The zero-order valence-corrected chi connectivity index (χ0v) is 14.3. The van der Waals surface area contributed by atoms with Crippen molar-refractivity contribution in [1.29, 1.82) is 0 Å². The van der Waals surface area contributed by atoms with E-state index in [0.29, 0.717) is 0 Å². The molecule has 0 saturated carbocycles. The fourth-order valence-electron chi connectivity index (χ4n) is 1.78. The third kappa shape index (κ3) is 5.04. The number of nitrogens with one attached hydrogen (secondary N) is 1. The van der Waals surface area contributed by atoms with Crippen molar-refractivity contribution in [3.63, 3.8) is 0 Å². The summed E-state index contributed by atoms with van der Waals surface area (Å²) in [7, 11) is 5.14. The van der Waals surface area contributed by atoms with Crippen LogP contribution in [0.3, 0.4) is 0 Å². The van der Waals surface area contributed by atoms with E-state index in [9.17, 15) is 0 Å². The van der Waals surface area contributed by atoms with Crippen LogP contribution in [0.2, 0.25) is 0 Å². The normalized spacial score (nSPS) is 10.1. The van der Waals surface area contributed by atoms with Gasteiger partial charge in [0.1, 0.15) is 11.5 Å². The third-order valence-corrected chi connectivity index (χ3v) is 3.91. The van der Waals surface area contributed by atoms with Crippen LogP contribution < -0.4 is 27.2 Å². The fourth-order valence-corrected chi connectivity index (χ4v) is 2.53. The standard InChI is InChI=1S/C13H19N5O2S.ClH/c1-18-13(15-16-17-18)21-7-6-14-9-10-4-5-11(19-2)8-12(10)20-3;/h4-5,8,14H,6-7,9H2,1-3H3;1H/p-1. The van der Waals surface area contributed by atoms with Gasteiger partial charge in [-0.15, -0.1) is 5.10 Å². The van der Waals surface area contributed by atoms with Crippen molar-refractivity contribution in [2.75, 3.05) is 26.5 Å². The molecule has 22 heavy (non-hydrogen) atoms. The molecule has 0 saturated heterocycles. The van der Waals surface area contributed by atoms with Crippen molar-refractivity contribution in [2.24, 2.45) is 7.05 Å². The first-order valence-electron chi connectivity index (χ1n) is 6.51. The van der Waals surface area contributed by atoms with E-state index in [1.807, 2.05) is 25.2 Å². The smallest absolute Gasteiger partial charge is 0.209 e. The topological polar surface area (TPSA) is 74.1 Å². The van der Waals surface area contributed by atoms with E-state index in [0.717, 1.165) is 41.1 Å². The van der Waals surface area contributed by atoms with Gasteiger partial charge >= 0.3 is 0 Å². The third-order valence-electron chi connectivity index (χ3n) is 2.90. The van der Waals surface area contributed by atoms with Gasteiger partial charge in [-0.1, -0.05) is 17.8 Å². The number of aromatic nitrogens is 4. The predicted molar refractivity (Wildman–Crippen MR) is 80.8 cm³/mol. The number of benzene rings is 1. The minimum Gasteiger partial charge on any atom is -1.00 e. The summed E-state index contributed by atoms with van der Waals surface area (Å²) in [6.07, 6.45) is 0. The van der Waals surface area contributed by atoms with Gasteiger partial charge in [0.2, 0.25) is 5.16 Å². The lowest BCUT2D eigenvalue weighted by Gasteiger charge is -2.11. The van der Waals surface area contributed by atoms with E-state index in [2.05, 4.69) is 20.8 Å². The minimum atomic E-state index is 0. The number of halogens is 1. The fraction of sp³-hybridized carbons (Fsp3) is 0.462. The summed E-state index contributed by atoms with van der Waals surface area (Å²) in [4.78, 5) is 0. The van der Waals surface area contributed by atoms with Crippen LogP contribution in [0.5, 0.6) is 11.5 Å². The highest BCUT2D eigenvalue weighted by molar-refractivity contribution is 7.99. The second kappa shape index (κ2) is 9.50. The number of hydrogen-bond donors (Lipinski definition) is 1. The Balaban J connectivity index is 0.00000242. The maximum Gasteiger partial charge on any atom is 0.209 e. The highest BCUT2D eigenvalue weighted by atomic mass is 35.5. The summed E-state index contributed by atoms with van der Waals surface area (Å²) in [5.41, 5.74) is 1.10. The van der Waals surface area contributed by atoms with E-state index in [4.69, 9.17) is 9.47 Å². The first-order valence-corrected chi connectivity index (χ1v) is 7.50. The molecule has 2 rings (SSSR count). The van der Waals surface area contributed by atoms with Crippen LogP contribution in [0, 0.1) is 0 Å². The summed E-state index contributed by atoms with van der Waals surface area (Å²) in [5.74, 6) is 2.51. The molecule has 0 spiro atoms. The number of tetrazole rings is 1. The second-order valence-corrected chi connectivity index (χ2v) is 5.35. The van der Waals surface area contributed by atoms with Crippen LogP contribution in [0.25, 0.3) is 0 Å². The van der Waals surface area contributed by atoms with Gasteiger partial charge in [0.25, 0.3) is 0 Å². The number of nitrogens with zero attached hydrogens (tertiary/aromatic N) is 4. The van der Waals surface area contributed by atoms with E-state index in [-0.39, 0.29) is 12.4 Å². The van der Waals surface area contributed by atoms with E-state index in [1.165, 1.54) is 0 Å². The van der Waals surface area contributed by atoms with Gasteiger partial charge in [0.05, 0.1) is 14.2 Å². The van der Waals surface area contributed by atoms with Crippen LogP contribution in [0.15, 0.2) is 23.4 Å². The van der Waals surface area contributed by atoms with Crippen LogP contribution in [-0.4, -0.2) is 46.7 Å². The summed E-state index contributed by atoms with van der Waals surface area (Å²) in [6, 6.07) is 5.82. The molecule has 1 N–H and O–H groups in total. The molecule has 9 heteroatoms. The second-order valence-electron chi connectivity index (χ2n) is 4.29. The van der Waals surface area contributed by atoms with Crippen molar-refractivity contribution in [1.82, 2.24) is 25.5 Å². The van der Waals surface area contributed by atoms with E-state index < -0.39 is 0 Å². The number of hydrogen-bond acceptors (Lipinski definition) is 7. The molecule has 0 aliphatic rings. The van der Waals surface area contributed by atoms with Crippen molar-refractivity contribution in [2.45, 2.75) is 11.7 Å². The zero-order chi connectivity index (χ0) is 15.1. The van der Waals surface area contributed by atoms with Crippen LogP contribution in [0.1, 0.15) is 5.56 Å².